The second-order valence-corrected chi connectivity index (χ2v) is 7.74. The van der Waals surface area contributed by atoms with Crippen LogP contribution in [0.5, 0.6) is 17.2 Å². The Kier molecular flexibility index (Phi) is 6.55. The molecule has 3 aromatic rings. The van der Waals surface area contributed by atoms with Crippen LogP contribution in [0.4, 0.5) is 35.1 Å². The van der Waals surface area contributed by atoms with Crippen molar-refractivity contribution in [2.24, 2.45) is 0 Å². The molecule has 0 heterocycles. The van der Waals surface area contributed by atoms with E-state index in [9.17, 15) is 26.7 Å². The monoisotopic (exact) mass is 532 g/mol. The van der Waals surface area contributed by atoms with Crippen LogP contribution in [-0.2, 0) is 11.8 Å². The normalized spacial score (nSPS) is 15.0. The van der Waals surface area contributed by atoms with E-state index in [1.54, 1.807) is 0 Å². The number of carbonyl (C=O) groups excluding carboxylic acids is 1. The van der Waals surface area contributed by atoms with Gasteiger partial charge in [-0.25, -0.2) is 18.0 Å². The summed E-state index contributed by atoms with van der Waals surface area (Å²) in [4.78, 5) is 12.4. The number of alkyl halides is 4. The highest BCUT2D eigenvalue weighted by Crippen LogP contribution is 2.60. The molecule has 0 aromatic heterocycles. The van der Waals surface area contributed by atoms with Crippen LogP contribution in [0.15, 0.2) is 36.4 Å². The van der Waals surface area contributed by atoms with Crippen LogP contribution >= 0.6 is 0 Å². The molecule has 0 fully saturated rings. The van der Waals surface area contributed by atoms with Crippen molar-refractivity contribution in [3.05, 3.63) is 76.4 Å². The summed E-state index contributed by atoms with van der Waals surface area (Å²) in [5, 5.41) is 0. The van der Waals surface area contributed by atoms with Gasteiger partial charge in [0, 0.05) is 0 Å². The van der Waals surface area contributed by atoms with Crippen LogP contribution in [-0.4, -0.2) is 19.2 Å². The summed E-state index contributed by atoms with van der Waals surface area (Å²) in [7, 11) is 0. The lowest BCUT2D eigenvalue weighted by atomic mass is 9.79. The average Bonchev–Trinajstić information content (AvgIpc) is 2.83. The first-order valence-electron chi connectivity index (χ1n) is 10.8. The van der Waals surface area contributed by atoms with Crippen molar-refractivity contribution < 1.29 is 54.1 Å². The molecule has 0 unspecified atom stereocenters. The fourth-order valence-electron chi connectivity index (χ4n) is 3.95. The number of hydrogen-bond acceptors (Lipinski definition) is 4. The van der Waals surface area contributed by atoms with Gasteiger partial charge in [-0.1, -0.05) is 0 Å². The maximum atomic E-state index is 15.2. The molecule has 0 saturated carbocycles. The van der Waals surface area contributed by atoms with Crippen LogP contribution in [0.3, 0.4) is 0 Å². The van der Waals surface area contributed by atoms with E-state index in [2.05, 4.69) is 4.74 Å². The van der Waals surface area contributed by atoms with E-state index in [1.807, 2.05) is 0 Å². The van der Waals surface area contributed by atoms with Gasteiger partial charge in [0.15, 0.2) is 34.7 Å². The van der Waals surface area contributed by atoms with Gasteiger partial charge < -0.3 is 14.2 Å². The number of rotatable bonds is 6. The predicted octanol–water partition coefficient (Wildman–Crippen LogP) is 7.12. The molecule has 196 valence electrons. The quantitative estimate of drug-likeness (QED) is 0.193. The minimum Gasteiger partial charge on any atom is -0.491 e. The summed E-state index contributed by atoms with van der Waals surface area (Å²) < 4.78 is 133. The third kappa shape index (κ3) is 3.94. The largest absolute Gasteiger partial charge is 0.491 e. The summed E-state index contributed by atoms with van der Waals surface area (Å²) >= 11 is 0. The number of benzene rings is 3. The van der Waals surface area contributed by atoms with E-state index < -0.39 is 86.1 Å². The number of carbonyl (C=O) groups is 1. The first-order valence-corrected chi connectivity index (χ1v) is 10.8. The standard InChI is InChI=1S/C25H16F8O4/c1-3-35-14-8-5-11-12-6-10-16(21(28)18(12)25(32,33)24(30,31)17(11)20(14)27)37-23(34)13-7-9-15(36-4-2)22(29)19(13)26/h5-10H,3-4H2,1-2H3. The molecule has 0 aliphatic heterocycles. The number of ether oxygens (including phenoxy) is 3. The first kappa shape index (κ1) is 26.2. The highest BCUT2D eigenvalue weighted by atomic mass is 19.3. The molecule has 12 heteroatoms. The molecule has 1 aliphatic rings. The van der Waals surface area contributed by atoms with Crippen molar-refractivity contribution in [1.29, 1.82) is 0 Å². The summed E-state index contributed by atoms with van der Waals surface area (Å²) in [6, 6.07) is 4.80. The molecule has 0 amide bonds. The topological polar surface area (TPSA) is 44.8 Å². The third-order valence-electron chi connectivity index (χ3n) is 5.59. The lowest BCUT2D eigenvalue weighted by Gasteiger charge is -2.35. The minimum atomic E-state index is -5.30. The van der Waals surface area contributed by atoms with E-state index in [-0.39, 0.29) is 13.2 Å². The highest BCUT2D eigenvalue weighted by Gasteiger charge is 2.65. The van der Waals surface area contributed by atoms with Crippen molar-refractivity contribution in [3.8, 4) is 28.4 Å². The molecule has 4 rings (SSSR count). The maximum Gasteiger partial charge on any atom is 0.346 e. The summed E-state index contributed by atoms with van der Waals surface area (Å²) in [6.07, 6.45) is 0. The molecule has 0 saturated heterocycles. The fraction of sp³-hybridized carbons (Fsp3) is 0.240. The van der Waals surface area contributed by atoms with Gasteiger partial charge in [-0.3, -0.25) is 0 Å². The van der Waals surface area contributed by atoms with Crippen LogP contribution in [0, 0.1) is 23.3 Å². The molecular weight excluding hydrogens is 516 g/mol. The number of esters is 1. The van der Waals surface area contributed by atoms with E-state index >= 15 is 13.2 Å². The second kappa shape index (κ2) is 9.24. The SMILES string of the molecule is CCOc1ccc(C(=O)Oc2ccc3c(c2F)C(F)(F)C(F)(F)c2c-3ccc(OCC)c2F)c(F)c1F. The van der Waals surface area contributed by atoms with Gasteiger partial charge in [0.05, 0.1) is 29.9 Å². The lowest BCUT2D eigenvalue weighted by Crippen LogP contribution is -2.41. The van der Waals surface area contributed by atoms with Crippen LogP contribution < -0.4 is 14.2 Å². The van der Waals surface area contributed by atoms with Gasteiger partial charge in [-0.2, -0.15) is 22.0 Å². The minimum absolute atomic E-state index is 0.0285. The first-order chi connectivity index (χ1) is 17.4. The van der Waals surface area contributed by atoms with Crippen molar-refractivity contribution in [1.82, 2.24) is 0 Å². The van der Waals surface area contributed by atoms with Crippen LogP contribution in [0.25, 0.3) is 11.1 Å². The van der Waals surface area contributed by atoms with E-state index in [0.29, 0.717) is 6.07 Å². The van der Waals surface area contributed by atoms with Gasteiger partial charge in [-0.05, 0) is 61.4 Å². The van der Waals surface area contributed by atoms with Crippen LogP contribution in [0.1, 0.15) is 35.3 Å². The fourth-order valence-corrected chi connectivity index (χ4v) is 3.95. The number of fused-ring (bicyclic) bond motifs is 3. The van der Waals surface area contributed by atoms with Gasteiger partial charge in [0.2, 0.25) is 5.82 Å². The second-order valence-electron chi connectivity index (χ2n) is 7.74. The van der Waals surface area contributed by atoms with Gasteiger partial charge in [0.1, 0.15) is 0 Å². The Morgan fingerprint density at radius 3 is 1.59 bits per heavy atom. The molecule has 0 N–H and O–H groups in total. The molecule has 37 heavy (non-hydrogen) atoms. The molecule has 0 bridgehead atoms. The van der Waals surface area contributed by atoms with Crippen molar-refractivity contribution in [3.63, 3.8) is 0 Å². The van der Waals surface area contributed by atoms with Crippen molar-refractivity contribution in [2.45, 2.75) is 25.7 Å². The van der Waals surface area contributed by atoms with E-state index in [0.717, 1.165) is 30.3 Å². The summed E-state index contributed by atoms with van der Waals surface area (Å²) in [5.41, 5.74) is -6.11. The molecule has 0 atom stereocenters. The van der Waals surface area contributed by atoms with E-state index in [1.165, 1.54) is 13.8 Å². The highest BCUT2D eigenvalue weighted by molar-refractivity contribution is 5.92. The third-order valence-corrected chi connectivity index (χ3v) is 5.59. The average molecular weight is 532 g/mol. The van der Waals surface area contributed by atoms with Crippen molar-refractivity contribution in [2.75, 3.05) is 13.2 Å². The Labute approximate surface area is 204 Å². The Bertz CT molecular complexity index is 1400. The molecule has 4 nitrogen and oxygen atoms in total. The zero-order valence-corrected chi connectivity index (χ0v) is 19.0. The summed E-state index contributed by atoms with van der Waals surface area (Å²) in [6.45, 7) is 2.74. The zero-order chi connectivity index (χ0) is 27.3. The molecular formula is C25H16F8O4. The lowest BCUT2D eigenvalue weighted by molar-refractivity contribution is -0.228. The zero-order valence-electron chi connectivity index (χ0n) is 19.0. The van der Waals surface area contributed by atoms with Gasteiger partial charge in [-0.15, -0.1) is 0 Å². The van der Waals surface area contributed by atoms with Crippen LogP contribution in [0.2, 0.25) is 0 Å². The Morgan fingerprint density at radius 1 is 0.649 bits per heavy atom. The molecule has 1 aliphatic carbocycles. The van der Waals surface area contributed by atoms with E-state index in [4.69, 9.17) is 9.47 Å². The predicted molar refractivity (Wildman–Crippen MR) is 113 cm³/mol. The number of halogens is 8. The maximum absolute atomic E-state index is 15.2. The van der Waals surface area contributed by atoms with Crippen molar-refractivity contribution >= 4 is 5.97 Å². The number of hydrogen-bond donors (Lipinski definition) is 0. The molecule has 3 aromatic carbocycles. The Morgan fingerprint density at radius 2 is 1.08 bits per heavy atom. The van der Waals surface area contributed by atoms with Gasteiger partial charge >= 0.3 is 17.8 Å². The molecule has 0 spiro atoms. The Hall–Kier alpha value is -3.83. The summed E-state index contributed by atoms with van der Waals surface area (Å²) in [5.74, 6) is -21.8. The smallest absolute Gasteiger partial charge is 0.346 e. The van der Waals surface area contributed by atoms with Gasteiger partial charge in [0.25, 0.3) is 0 Å². The molecule has 0 radical (unpaired) electrons. The Balaban J connectivity index is 1.81.